The molecule has 1 aromatic carbocycles. The molecule has 0 heterocycles. The number of carbonyl (C=O) groups excluding carboxylic acids is 1. The molecule has 0 saturated carbocycles. The van der Waals surface area contributed by atoms with E-state index in [1.807, 2.05) is 39.0 Å². The topological polar surface area (TPSA) is 49.3 Å². The van der Waals surface area contributed by atoms with Crippen LogP contribution < -0.4 is 5.32 Å². The van der Waals surface area contributed by atoms with Crippen molar-refractivity contribution in [2.24, 2.45) is 0 Å². The summed E-state index contributed by atoms with van der Waals surface area (Å²) >= 11 is 1.51. The van der Waals surface area contributed by atoms with E-state index in [0.717, 1.165) is 16.0 Å². The summed E-state index contributed by atoms with van der Waals surface area (Å²) in [5.74, 6) is 0.477. The molecule has 1 amide bonds. The third-order valence-electron chi connectivity index (χ3n) is 2.30. The molecule has 0 bridgehead atoms. The monoisotopic (exact) mass is 253 g/mol. The van der Waals surface area contributed by atoms with Crippen LogP contribution in [0.25, 0.3) is 0 Å². The van der Waals surface area contributed by atoms with Crippen molar-refractivity contribution in [2.45, 2.75) is 38.3 Å². The molecule has 0 aliphatic heterocycles. The van der Waals surface area contributed by atoms with Gasteiger partial charge in [-0.25, -0.2) is 0 Å². The highest BCUT2D eigenvalue weighted by atomic mass is 32.2. The Morgan fingerprint density at radius 2 is 2.18 bits per heavy atom. The van der Waals surface area contributed by atoms with E-state index in [1.165, 1.54) is 11.8 Å². The smallest absolute Gasteiger partial charge is 0.230 e. The van der Waals surface area contributed by atoms with E-state index in [4.69, 9.17) is 5.11 Å². The van der Waals surface area contributed by atoms with E-state index in [-0.39, 0.29) is 18.6 Å². The number of aryl methyl sites for hydroxylation is 1. The van der Waals surface area contributed by atoms with Gasteiger partial charge in [0.15, 0.2) is 0 Å². The molecule has 1 aromatic rings. The Morgan fingerprint density at radius 3 is 2.71 bits per heavy atom. The lowest BCUT2D eigenvalue weighted by molar-refractivity contribution is -0.119. The van der Waals surface area contributed by atoms with Crippen molar-refractivity contribution in [1.82, 2.24) is 5.32 Å². The Balaban J connectivity index is 2.52. The average molecular weight is 253 g/mol. The molecule has 2 N–H and O–H groups in total. The largest absolute Gasteiger partial charge is 0.392 e. The van der Waals surface area contributed by atoms with Gasteiger partial charge in [-0.1, -0.05) is 6.07 Å². The number of hydrogen-bond donors (Lipinski definition) is 2. The molecule has 0 atom stereocenters. The van der Waals surface area contributed by atoms with Gasteiger partial charge in [-0.3, -0.25) is 4.79 Å². The highest BCUT2D eigenvalue weighted by Crippen LogP contribution is 2.21. The molecule has 94 valence electrons. The molecule has 3 nitrogen and oxygen atoms in total. The molecular weight excluding hydrogens is 234 g/mol. The first kappa shape index (κ1) is 14.1. The third-order valence-corrected chi connectivity index (χ3v) is 3.30. The van der Waals surface area contributed by atoms with Gasteiger partial charge in [0.05, 0.1) is 12.4 Å². The molecule has 1 rings (SSSR count). The maximum atomic E-state index is 11.5. The minimum Gasteiger partial charge on any atom is -0.392 e. The number of benzene rings is 1. The standard InChI is InChI=1S/C13H19NO2S/c1-9(2)14-13(16)8-17-12-5-4-11(7-15)10(3)6-12/h4-6,9,15H,7-8H2,1-3H3,(H,14,16). The summed E-state index contributed by atoms with van der Waals surface area (Å²) in [6.07, 6.45) is 0. The van der Waals surface area contributed by atoms with Crippen LogP contribution in [-0.2, 0) is 11.4 Å². The number of aliphatic hydroxyl groups excluding tert-OH is 1. The molecule has 0 fully saturated rings. The number of thioether (sulfide) groups is 1. The van der Waals surface area contributed by atoms with Crippen molar-refractivity contribution >= 4 is 17.7 Å². The fourth-order valence-electron chi connectivity index (χ4n) is 1.45. The maximum Gasteiger partial charge on any atom is 0.230 e. The summed E-state index contributed by atoms with van der Waals surface area (Å²) in [6, 6.07) is 6.02. The van der Waals surface area contributed by atoms with Gasteiger partial charge in [0.2, 0.25) is 5.91 Å². The van der Waals surface area contributed by atoms with Crippen LogP contribution in [-0.4, -0.2) is 22.8 Å². The second-order valence-electron chi connectivity index (χ2n) is 4.26. The second kappa shape index (κ2) is 6.67. The molecule has 0 aromatic heterocycles. The molecule has 0 aliphatic rings. The Morgan fingerprint density at radius 1 is 1.47 bits per heavy atom. The quantitative estimate of drug-likeness (QED) is 0.790. The van der Waals surface area contributed by atoms with Crippen molar-refractivity contribution in [3.8, 4) is 0 Å². The van der Waals surface area contributed by atoms with Gasteiger partial charge in [-0.15, -0.1) is 11.8 Å². The normalized spacial score (nSPS) is 10.6. The molecule has 4 heteroatoms. The predicted octanol–water partition coefficient (Wildman–Crippen LogP) is 2.10. The lowest BCUT2D eigenvalue weighted by atomic mass is 10.1. The van der Waals surface area contributed by atoms with Gasteiger partial charge in [-0.05, 0) is 44.0 Å². The molecule has 0 saturated heterocycles. The first-order valence-electron chi connectivity index (χ1n) is 5.65. The van der Waals surface area contributed by atoms with E-state index >= 15 is 0 Å². The third kappa shape index (κ3) is 4.79. The van der Waals surface area contributed by atoms with Gasteiger partial charge < -0.3 is 10.4 Å². The van der Waals surface area contributed by atoms with Crippen LogP contribution in [0.4, 0.5) is 0 Å². The SMILES string of the molecule is Cc1cc(SCC(=O)NC(C)C)ccc1CO. The average Bonchev–Trinajstić information content (AvgIpc) is 2.25. The van der Waals surface area contributed by atoms with Gasteiger partial charge in [-0.2, -0.15) is 0 Å². The van der Waals surface area contributed by atoms with Crippen LogP contribution in [0.2, 0.25) is 0 Å². The van der Waals surface area contributed by atoms with E-state index in [9.17, 15) is 4.79 Å². The number of rotatable bonds is 5. The van der Waals surface area contributed by atoms with Crippen molar-refractivity contribution in [3.63, 3.8) is 0 Å². The van der Waals surface area contributed by atoms with Crippen LogP contribution in [0.1, 0.15) is 25.0 Å². The van der Waals surface area contributed by atoms with Crippen molar-refractivity contribution in [3.05, 3.63) is 29.3 Å². The van der Waals surface area contributed by atoms with Crippen LogP contribution in [0.15, 0.2) is 23.1 Å². The molecular formula is C13H19NO2S. The number of carbonyl (C=O) groups is 1. The lowest BCUT2D eigenvalue weighted by Gasteiger charge is -2.09. The van der Waals surface area contributed by atoms with Crippen molar-refractivity contribution < 1.29 is 9.90 Å². The molecule has 0 radical (unpaired) electrons. The lowest BCUT2D eigenvalue weighted by Crippen LogP contribution is -2.31. The van der Waals surface area contributed by atoms with E-state index in [2.05, 4.69) is 5.32 Å². The summed E-state index contributed by atoms with van der Waals surface area (Å²) in [4.78, 5) is 12.5. The van der Waals surface area contributed by atoms with Crippen LogP contribution in [0.5, 0.6) is 0 Å². The van der Waals surface area contributed by atoms with Crippen LogP contribution >= 0.6 is 11.8 Å². The van der Waals surface area contributed by atoms with E-state index in [1.54, 1.807) is 0 Å². The van der Waals surface area contributed by atoms with Gasteiger partial charge >= 0.3 is 0 Å². The zero-order valence-corrected chi connectivity index (χ0v) is 11.3. The highest BCUT2D eigenvalue weighted by molar-refractivity contribution is 8.00. The highest BCUT2D eigenvalue weighted by Gasteiger charge is 2.05. The predicted molar refractivity (Wildman–Crippen MR) is 71.1 cm³/mol. The molecule has 0 spiro atoms. The minimum absolute atomic E-state index is 0.0499. The Bertz CT molecular complexity index is 391. The molecule has 17 heavy (non-hydrogen) atoms. The number of amides is 1. The molecule has 0 aliphatic carbocycles. The number of hydrogen-bond acceptors (Lipinski definition) is 3. The summed E-state index contributed by atoms with van der Waals surface area (Å²) in [6.45, 7) is 5.92. The fourth-order valence-corrected chi connectivity index (χ4v) is 2.25. The van der Waals surface area contributed by atoms with Gasteiger partial charge in [0.25, 0.3) is 0 Å². The molecule has 0 unspecified atom stereocenters. The van der Waals surface area contributed by atoms with Gasteiger partial charge in [0, 0.05) is 10.9 Å². The summed E-state index contributed by atoms with van der Waals surface area (Å²) in [7, 11) is 0. The van der Waals surface area contributed by atoms with Crippen LogP contribution in [0.3, 0.4) is 0 Å². The summed E-state index contributed by atoms with van der Waals surface area (Å²) in [5, 5.41) is 11.9. The summed E-state index contributed by atoms with van der Waals surface area (Å²) < 4.78 is 0. The zero-order chi connectivity index (χ0) is 12.8. The number of aliphatic hydroxyl groups is 1. The Labute approximate surface area is 107 Å². The Hall–Kier alpha value is -1.00. The number of nitrogens with one attached hydrogen (secondary N) is 1. The first-order chi connectivity index (χ1) is 8.02. The fraction of sp³-hybridized carbons (Fsp3) is 0.462. The van der Waals surface area contributed by atoms with Crippen LogP contribution in [0, 0.1) is 6.92 Å². The van der Waals surface area contributed by atoms with E-state index < -0.39 is 0 Å². The second-order valence-corrected chi connectivity index (χ2v) is 5.31. The van der Waals surface area contributed by atoms with Gasteiger partial charge in [0.1, 0.15) is 0 Å². The zero-order valence-electron chi connectivity index (χ0n) is 10.5. The Kier molecular flexibility index (Phi) is 5.51. The van der Waals surface area contributed by atoms with Crippen molar-refractivity contribution in [2.75, 3.05) is 5.75 Å². The first-order valence-corrected chi connectivity index (χ1v) is 6.64. The maximum absolute atomic E-state index is 11.5. The van der Waals surface area contributed by atoms with Crippen molar-refractivity contribution in [1.29, 1.82) is 0 Å². The summed E-state index contributed by atoms with van der Waals surface area (Å²) in [5.41, 5.74) is 1.99. The minimum atomic E-state index is 0.0499. The van der Waals surface area contributed by atoms with E-state index in [0.29, 0.717) is 5.75 Å².